The number of H-pyrrole nitrogens is 1. The van der Waals surface area contributed by atoms with Crippen molar-refractivity contribution in [1.29, 1.82) is 0 Å². The molecule has 29 heavy (non-hydrogen) atoms. The van der Waals surface area contributed by atoms with Gasteiger partial charge in [0, 0.05) is 25.2 Å². The van der Waals surface area contributed by atoms with E-state index >= 15 is 0 Å². The Morgan fingerprint density at radius 3 is 2.66 bits per heavy atom. The molecule has 2 aromatic rings. The van der Waals surface area contributed by atoms with Crippen molar-refractivity contribution in [2.24, 2.45) is 0 Å². The van der Waals surface area contributed by atoms with Crippen molar-refractivity contribution in [2.45, 2.75) is 12.3 Å². The number of rotatable bonds is 4. The average Bonchev–Trinajstić information content (AvgIpc) is 2.74. The highest BCUT2D eigenvalue weighted by Gasteiger charge is 2.35. The molecule has 1 aromatic carbocycles. The lowest BCUT2D eigenvalue weighted by atomic mass is 9.92. The number of aromatic amines is 1. The molecule has 152 valence electrons. The van der Waals surface area contributed by atoms with Crippen LogP contribution in [0.4, 0.5) is 17.5 Å². The van der Waals surface area contributed by atoms with E-state index in [0.29, 0.717) is 43.7 Å². The van der Waals surface area contributed by atoms with Crippen LogP contribution in [0.5, 0.6) is 5.75 Å². The summed E-state index contributed by atoms with van der Waals surface area (Å²) < 4.78 is 10.4. The van der Waals surface area contributed by atoms with Gasteiger partial charge >= 0.3 is 0 Å². The SMILES string of the molecule is COc1ccc(NC(=O)[C@H]2CC(=O)Nc3nc(N4CCOCC4)[nH]c(=O)c32)cc1. The molecule has 0 bridgehead atoms. The zero-order chi connectivity index (χ0) is 20.4. The summed E-state index contributed by atoms with van der Waals surface area (Å²) >= 11 is 0. The molecule has 0 spiro atoms. The number of hydrogen-bond acceptors (Lipinski definition) is 7. The predicted octanol–water partition coefficient (Wildman–Crippen LogP) is 0.680. The van der Waals surface area contributed by atoms with E-state index in [-0.39, 0.29) is 23.7 Å². The number of carbonyl (C=O) groups is 2. The molecule has 0 radical (unpaired) electrons. The van der Waals surface area contributed by atoms with Gasteiger partial charge in [0.05, 0.1) is 31.8 Å². The summed E-state index contributed by atoms with van der Waals surface area (Å²) in [4.78, 5) is 46.8. The van der Waals surface area contributed by atoms with Gasteiger partial charge in [0.1, 0.15) is 11.6 Å². The van der Waals surface area contributed by atoms with Gasteiger partial charge in [-0.25, -0.2) is 0 Å². The molecule has 2 amide bonds. The van der Waals surface area contributed by atoms with E-state index in [2.05, 4.69) is 20.6 Å². The van der Waals surface area contributed by atoms with E-state index < -0.39 is 17.4 Å². The summed E-state index contributed by atoms with van der Waals surface area (Å²) in [6.45, 7) is 2.22. The Morgan fingerprint density at radius 2 is 1.97 bits per heavy atom. The zero-order valence-corrected chi connectivity index (χ0v) is 15.9. The molecule has 3 N–H and O–H groups in total. The maximum Gasteiger partial charge on any atom is 0.258 e. The number of methoxy groups -OCH3 is 1. The van der Waals surface area contributed by atoms with Crippen molar-refractivity contribution in [1.82, 2.24) is 9.97 Å². The molecule has 2 aliphatic heterocycles. The number of amides is 2. The Balaban J connectivity index is 1.61. The molecular weight excluding hydrogens is 378 g/mol. The molecule has 1 aromatic heterocycles. The number of morpholine rings is 1. The fourth-order valence-corrected chi connectivity index (χ4v) is 3.41. The molecular formula is C19H21N5O5. The first-order chi connectivity index (χ1) is 14.0. The fourth-order valence-electron chi connectivity index (χ4n) is 3.41. The minimum atomic E-state index is -0.934. The fraction of sp³-hybridized carbons (Fsp3) is 0.368. The van der Waals surface area contributed by atoms with Crippen LogP contribution in [0.3, 0.4) is 0 Å². The number of ether oxygens (including phenoxy) is 2. The van der Waals surface area contributed by atoms with Crippen molar-refractivity contribution in [3.8, 4) is 5.75 Å². The number of anilines is 3. The van der Waals surface area contributed by atoms with Crippen molar-refractivity contribution >= 4 is 29.3 Å². The molecule has 0 saturated carbocycles. The number of aromatic nitrogens is 2. The summed E-state index contributed by atoms with van der Waals surface area (Å²) in [5, 5.41) is 5.37. The predicted molar refractivity (Wildman–Crippen MR) is 106 cm³/mol. The highest BCUT2D eigenvalue weighted by molar-refractivity contribution is 6.04. The topological polar surface area (TPSA) is 126 Å². The summed E-state index contributed by atoms with van der Waals surface area (Å²) in [7, 11) is 1.55. The van der Waals surface area contributed by atoms with Crippen LogP contribution in [-0.4, -0.2) is 55.2 Å². The molecule has 10 nitrogen and oxygen atoms in total. The lowest BCUT2D eigenvalue weighted by Crippen LogP contribution is -2.41. The van der Waals surface area contributed by atoms with Crippen LogP contribution in [0.2, 0.25) is 0 Å². The Kier molecular flexibility index (Phi) is 5.17. The molecule has 1 fully saturated rings. The Hall–Kier alpha value is -3.40. The third-order valence-electron chi connectivity index (χ3n) is 4.92. The minimum Gasteiger partial charge on any atom is -0.497 e. The van der Waals surface area contributed by atoms with E-state index in [1.165, 1.54) is 0 Å². The van der Waals surface area contributed by atoms with Gasteiger partial charge in [0.15, 0.2) is 0 Å². The van der Waals surface area contributed by atoms with Crippen LogP contribution in [0, 0.1) is 0 Å². The first-order valence-electron chi connectivity index (χ1n) is 9.27. The normalized spacial score (nSPS) is 18.6. The number of fused-ring (bicyclic) bond motifs is 1. The molecule has 1 atom stereocenters. The number of carbonyl (C=O) groups excluding carboxylic acids is 2. The third-order valence-corrected chi connectivity index (χ3v) is 4.92. The van der Waals surface area contributed by atoms with Crippen LogP contribution in [0.25, 0.3) is 0 Å². The van der Waals surface area contributed by atoms with Crippen molar-refractivity contribution in [2.75, 3.05) is 48.9 Å². The van der Waals surface area contributed by atoms with Crippen molar-refractivity contribution < 1.29 is 19.1 Å². The number of nitrogens with one attached hydrogen (secondary N) is 3. The van der Waals surface area contributed by atoms with Gasteiger partial charge in [-0.3, -0.25) is 19.4 Å². The average molecular weight is 399 g/mol. The molecule has 4 rings (SSSR count). The molecule has 1 saturated heterocycles. The molecule has 0 unspecified atom stereocenters. The Morgan fingerprint density at radius 1 is 1.24 bits per heavy atom. The summed E-state index contributed by atoms with van der Waals surface area (Å²) in [6.07, 6.45) is -0.128. The highest BCUT2D eigenvalue weighted by Crippen LogP contribution is 2.30. The van der Waals surface area contributed by atoms with E-state index in [1.54, 1.807) is 31.4 Å². The van der Waals surface area contributed by atoms with Gasteiger partial charge < -0.3 is 25.0 Å². The zero-order valence-electron chi connectivity index (χ0n) is 15.9. The third kappa shape index (κ3) is 3.92. The van der Waals surface area contributed by atoms with Gasteiger partial charge in [-0.15, -0.1) is 0 Å². The standard InChI is InChI=1S/C19H21N5O5/c1-28-12-4-2-11(3-5-12)20-17(26)13-10-14(25)21-16-15(13)18(27)23-19(22-16)24-6-8-29-9-7-24/h2-5,13H,6-10H2,1H3,(H,20,26)(H2,21,22,23,25,27)/t13-/m0/s1. The monoisotopic (exact) mass is 399 g/mol. The Labute approximate surface area is 166 Å². The van der Waals surface area contributed by atoms with Crippen LogP contribution >= 0.6 is 0 Å². The van der Waals surface area contributed by atoms with Gasteiger partial charge in [-0.05, 0) is 24.3 Å². The smallest absolute Gasteiger partial charge is 0.258 e. The number of hydrogen-bond donors (Lipinski definition) is 3. The molecule has 2 aliphatic rings. The van der Waals surface area contributed by atoms with Gasteiger partial charge in [0.25, 0.3) is 5.56 Å². The highest BCUT2D eigenvalue weighted by atomic mass is 16.5. The summed E-state index contributed by atoms with van der Waals surface area (Å²) in [5.41, 5.74) is 0.261. The Bertz CT molecular complexity index is 981. The van der Waals surface area contributed by atoms with Gasteiger partial charge in [-0.1, -0.05) is 0 Å². The number of nitrogens with zero attached hydrogens (tertiary/aromatic N) is 2. The van der Waals surface area contributed by atoms with Crippen molar-refractivity contribution in [3.05, 3.63) is 40.2 Å². The molecule has 0 aliphatic carbocycles. The minimum absolute atomic E-state index is 0.126. The first-order valence-corrected chi connectivity index (χ1v) is 9.27. The first kappa shape index (κ1) is 18.9. The number of benzene rings is 1. The largest absolute Gasteiger partial charge is 0.497 e. The van der Waals surface area contributed by atoms with E-state index in [0.717, 1.165) is 0 Å². The maximum atomic E-state index is 12.8. The lowest BCUT2D eigenvalue weighted by molar-refractivity contribution is -0.123. The second-order valence-electron chi connectivity index (χ2n) is 6.77. The second kappa shape index (κ2) is 7.92. The van der Waals surface area contributed by atoms with Crippen molar-refractivity contribution in [3.63, 3.8) is 0 Å². The van der Waals surface area contributed by atoms with E-state index in [4.69, 9.17) is 9.47 Å². The molecule has 3 heterocycles. The van der Waals surface area contributed by atoms with E-state index in [1.807, 2.05) is 4.90 Å². The molecule has 10 heteroatoms. The maximum absolute atomic E-state index is 12.8. The van der Waals surface area contributed by atoms with Crippen LogP contribution in [-0.2, 0) is 14.3 Å². The van der Waals surface area contributed by atoms with E-state index in [9.17, 15) is 14.4 Å². The van der Waals surface area contributed by atoms with Gasteiger partial charge in [-0.2, -0.15) is 4.98 Å². The van der Waals surface area contributed by atoms with Gasteiger partial charge in [0.2, 0.25) is 17.8 Å². The quantitative estimate of drug-likeness (QED) is 0.690. The summed E-state index contributed by atoms with van der Waals surface area (Å²) in [5.74, 6) is -0.608. The van der Waals surface area contributed by atoms with Crippen LogP contribution < -0.4 is 25.8 Å². The van der Waals surface area contributed by atoms with Crippen LogP contribution in [0.15, 0.2) is 29.1 Å². The second-order valence-corrected chi connectivity index (χ2v) is 6.77. The van der Waals surface area contributed by atoms with Crippen LogP contribution in [0.1, 0.15) is 17.9 Å². The summed E-state index contributed by atoms with van der Waals surface area (Å²) in [6, 6.07) is 6.79. The lowest BCUT2D eigenvalue weighted by Gasteiger charge is -2.29.